The lowest BCUT2D eigenvalue weighted by Gasteiger charge is -2.26. The van der Waals surface area contributed by atoms with E-state index in [-0.39, 0.29) is 11.8 Å². The molecule has 1 N–H and O–H groups in total. The van der Waals surface area contributed by atoms with Crippen LogP contribution in [0, 0.1) is 0 Å². The first kappa shape index (κ1) is 17.8. The summed E-state index contributed by atoms with van der Waals surface area (Å²) in [5.74, 6) is -0.00201. The van der Waals surface area contributed by atoms with Crippen LogP contribution < -0.4 is 5.32 Å². The molecule has 0 saturated carbocycles. The van der Waals surface area contributed by atoms with E-state index in [9.17, 15) is 9.59 Å². The average molecular weight is 376 g/mol. The normalized spacial score (nSPS) is 14.1. The minimum Gasteiger partial charge on any atom is -0.338 e. The second-order valence-electron chi connectivity index (χ2n) is 6.73. The zero-order valence-corrected chi connectivity index (χ0v) is 15.3. The quantitative estimate of drug-likeness (QED) is 0.738. The predicted octanol–water partition coefficient (Wildman–Crippen LogP) is 2.43. The van der Waals surface area contributed by atoms with Crippen LogP contribution in [0.5, 0.6) is 0 Å². The molecule has 4 rings (SSSR count). The Morgan fingerprint density at radius 3 is 2.71 bits per heavy atom. The molecular weight excluding hydrogens is 356 g/mol. The number of carbonyl (C=O) groups excluding carboxylic acids is 2. The Morgan fingerprint density at radius 2 is 1.96 bits per heavy atom. The van der Waals surface area contributed by atoms with Gasteiger partial charge in [-0.2, -0.15) is 0 Å². The SMILES string of the molecule is O=C(Nc1cccc(CN2CCCCC2=O)c1)c1ccc(-n2cnnn2)cc1. The standard InChI is InChI=1S/C20H20N6O2/c27-19-6-1-2-11-25(19)13-15-4-3-5-17(12-15)22-20(28)16-7-9-18(10-8-16)26-14-21-23-24-26/h3-5,7-10,12,14H,1-2,6,11,13H2,(H,22,28). The predicted molar refractivity (Wildman–Crippen MR) is 103 cm³/mol. The van der Waals surface area contributed by atoms with Crippen LogP contribution in [0.15, 0.2) is 54.9 Å². The highest BCUT2D eigenvalue weighted by Gasteiger charge is 2.18. The number of hydrogen-bond donors (Lipinski definition) is 1. The van der Waals surface area contributed by atoms with E-state index >= 15 is 0 Å². The third-order valence-electron chi connectivity index (χ3n) is 4.72. The first-order valence-corrected chi connectivity index (χ1v) is 9.20. The molecule has 3 aromatic rings. The number of aromatic nitrogens is 4. The number of nitrogens with one attached hydrogen (secondary N) is 1. The highest BCUT2D eigenvalue weighted by atomic mass is 16.2. The van der Waals surface area contributed by atoms with Gasteiger partial charge in [0, 0.05) is 30.8 Å². The lowest BCUT2D eigenvalue weighted by Crippen LogP contribution is -2.34. The van der Waals surface area contributed by atoms with Crippen molar-refractivity contribution >= 4 is 17.5 Å². The number of nitrogens with zero attached hydrogens (tertiary/aromatic N) is 5. The summed E-state index contributed by atoms with van der Waals surface area (Å²) < 4.78 is 1.52. The number of rotatable bonds is 5. The van der Waals surface area contributed by atoms with Gasteiger partial charge in [-0.25, -0.2) is 4.68 Å². The van der Waals surface area contributed by atoms with Gasteiger partial charge < -0.3 is 10.2 Å². The molecule has 0 aliphatic carbocycles. The van der Waals surface area contributed by atoms with Crippen LogP contribution in [0.2, 0.25) is 0 Å². The van der Waals surface area contributed by atoms with Crippen molar-refractivity contribution in [2.45, 2.75) is 25.8 Å². The van der Waals surface area contributed by atoms with Crippen LogP contribution >= 0.6 is 0 Å². The minimum atomic E-state index is -0.200. The van der Waals surface area contributed by atoms with E-state index in [4.69, 9.17) is 0 Å². The van der Waals surface area contributed by atoms with Crippen LogP contribution in [-0.4, -0.2) is 43.5 Å². The number of hydrogen-bond acceptors (Lipinski definition) is 5. The van der Waals surface area contributed by atoms with Gasteiger partial charge in [-0.1, -0.05) is 12.1 Å². The summed E-state index contributed by atoms with van der Waals surface area (Å²) in [6.45, 7) is 1.37. The lowest BCUT2D eigenvalue weighted by atomic mass is 10.1. The molecule has 0 atom stereocenters. The van der Waals surface area contributed by atoms with Crippen LogP contribution in [-0.2, 0) is 11.3 Å². The summed E-state index contributed by atoms with van der Waals surface area (Å²) in [4.78, 5) is 26.4. The van der Waals surface area contributed by atoms with Crippen molar-refractivity contribution in [2.75, 3.05) is 11.9 Å². The monoisotopic (exact) mass is 376 g/mol. The zero-order valence-electron chi connectivity index (χ0n) is 15.3. The fourth-order valence-corrected chi connectivity index (χ4v) is 3.25. The highest BCUT2D eigenvalue weighted by Crippen LogP contribution is 2.18. The molecule has 0 radical (unpaired) electrons. The number of likely N-dealkylation sites (tertiary alicyclic amines) is 1. The number of anilines is 1. The van der Waals surface area contributed by atoms with Gasteiger partial charge in [-0.3, -0.25) is 9.59 Å². The molecule has 8 heteroatoms. The largest absolute Gasteiger partial charge is 0.338 e. The maximum Gasteiger partial charge on any atom is 0.255 e. The van der Waals surface area contributed by atoms with Gasteiger partial charge in [-0.05, 0) is 65.2 Å². The highest BCUT2D eigenvalue weighted by molar-refractivity contribution is 6.04. The number of benzene rings is 2. The number of piperidine rings is 1. The molecule has 1 aromatic heterocycles. The lowest BCUT2D eigenvalue weighted by molar-refractivity contribution is -0.133. The molecule has 1 saturated heterocycles. The molecule has 0 bridgehead atoms. The summed E-state index contributed by atoms with van der Waals surface area (Å²) in [6.07, 6.45) is 4.13. The molecule has 142 valence electrons. The van der Waals surface area contributed by atoms with Gasteiger partial charge >= 0.3 is 0 Å². The van der Waals surface area contributed by atoms with Crippen molar-refractivity contribution in [1.29, 1.82) is 0 Å². The van der Waals surface area contributed by atoms with Gasteiger partial charge in [0.25, 0.3) is 5.91 Å². The fraction of sp³-hybridized carbons (Fsp3) is 0.250. The summed E-state index contributed by atoms with van der Waals surface area (Å²) in [5.41, 5.74) is 3.02. The number of carbonyl (C=O) groups is 2. The van der Waals surface area contributed by atoms with E-state index < -0.39 is 0 Å². The molecule has 2 amide bonds. The van der Waals surface area contributed by atoms with Crippen molar-refractivity contribution in [3.05, 3.63) is 66.0 Å². The molecule has 0 spiro atoms. The van der Waals surface area contributed by atoms with E-state index in [2.05, 4.69) is 20.8 Å². The van der Waals surface area contributed by atoms with Gasteiger partial charge in [0.1, 0.15) is 6.33 Å². The van der Waals surface area contributed by atoms with Gasteiger partial charge in [0.05, 0.1) is 5.69 Å². The molecule has 1 fully saturated rings. The maximum absolute atomic E-state index is 12.5. The Balaban J connectivity index is 1.42. The van der Waals surface area contributed by atoms with Crippen molar-refractivity contribution in [1.82, 2.24) is 25.1 Å². The molecule has 1 aliphatic rings. The van der Waals surface area contributed by atoms with E-state index in [1.54, 1.807) is 24.3 Å². The molecular formula is C20H20N6O2. The Morgan fingerprint density at radius 1 is 1.11 bits per heavy atom. The maximum atomic E-state index is 12.5. The van der Waals surface area contributed by atoms with Crippen LogP contribution in [0.4, 0.5) is 5.69 Å². The first-order valence-electron chi connectivity index (χ1n) is 9.20. The van der Waals surface area contributed by atoms with Gasteiger partial charge in [-0.15, -0.1) is 5.10 Å². The smallest absolute Gasteiger partial charge is 0.255 e. The van der Waals surface area contributed by atoms with E-state index in [0.29, 0.717) is 24.2 Å². The van der Waals surface area contributed by atoms with Crippen LogP contribution in [0.3, 0.4) is 0 Å². The third kappa shape index (κ3) is 4.06. The fourth-order valence-electron chi connectivity index (χ4n) is 3.25. The first-order chi connectivity index (χ1) is 13.7. The summed E-state index contributed by atoms with van der Waals surface area (Å²) >= 11 is 0. The molecule has 8 nitrogen and oxygen atoms in total. The summed E-state index contributed by atoms with van der Waals surface area (Å²) in [5, 5.41) is 13.9. The molecule has 2 heterocycles. The van der Waals surface area contributed by atoms with Crippen molar-refractivity contribution in [3.8, 4) is 5.69 Å². The van der Waals surface area contributed by atoms with Crippen molar-refractivity contribution < 1.29 is 9.59 Å². The molecule has 28 heavy (non-hydrogen) atoms. The Labute approximate surface area is 162 Å². The third-order valence-corrected chi connectivity index (χ3v) is 4.72. The summed E-state index contributed by atoms with van der Waals surface area (Å²) in [7, 11) is 0. The second kappa shape index (κ2) is 7.99. The topological polar surface area (TPSA) is 93.0 Å². The Bertz CT molecular complexity index is 969. The zero-order chi connectivity index (χ0) is 19.3. The van der Waals surface area contributed by atoms with Crippen molar-refractivity contribution in [2.24, 2.45) is 0 Å². The van der Waals surface area contributed by atoms with Crippen LogP contribution in [0.1, 0.15) is 35.2 Å². The van der Waals surface area contributed by atoms with E-state index in [1.165, 1.54) is 11.0 Å². The van der Waals surface area contributed by atoms with E-state index in [0.717, 1.165) is 30.6 Å². The Kier molecular flexibility index (Phi) is 5.09. The van der Waals surface area contributed by atoms with Gasteiger partial charge in [0.2, 0.25) is 5.91 Å². The van der Waals surface area contributed by atoms with Gasteiger partial charge in [0.15, 0.2) is 0 Å². The van der Waals surface area contributed by atoms with E-state index in [1.807, 2.05) is 29.2 Å². The van der Waals surface area contributed by atoms with Crippen LogP contribution in [0.25, 0.3) is 5.69 Å². The molecule has 1 aliphatic heterocycles. The van der Waals surface area contributed by atoms with Crippen molar-refractivity contribution in [3.63, 3.8) is 0 Å². The Hall–Kier alpha value is -3.55. The average Bonchev–Trinajstić information content (AvgIpc) is 3.25. The molecule has 2 aromatic carbocycles. The second-order valence-corrected chi connectivity index (χ2v) is 6.73. The summed E-state index contributed by atoms with van der Waals surface area (Å²) in [6, 6.07) is 14.6. The minimum absolute atomic E-state index is 0.198. The number of tetrazole rings is 1. The molecule has 0 unspecified atom stereocenters. The number of amides is 2.